The Kier molecular flexibility index (Phi) is 2.89. The normalized spacial score (nSPS) is 41.5. The molecule has 2 rings (SSSR count). The predicted octanol–water partition coefficient (Wildman–Crippen LogP) is 1.46. The van der Waals surface area contributed by atoms with Crippen molar-refractivity contribution in [3.05, 3.63) is 0 Å². The predicted molar refractivity (Wildman–Crippen MR) is 55.5 cm³/mol. The summed E-state index contributed by atoms with van der Waals surface area (Å²) in [6.07, 6.45) is 6.88. The van der Waals surface area contributed by atoms with E-state index in [1.807, 2.05) is 0 Å². The maximum atomic E-state index is 5.79. The summed E-state index contributed by atoms with van der Waals surface area (Å²) in [5, 5.41) is 0. The molecule has 13 heavy (non-hydrogen) atoms. The van der Waals surface area contributed by atoms with Gasteiger partial charge >= 0.3 is 0 Å². The molecule has 1 aliphatic heterocycles. The van der Waals surface area contributed by atoms with Crippen LogP contribution in [0.25, 0.3) is 0 Å². The molecule has 0 amide bonds. The van der Waals surface area contributed by atoms with Crippen molar-refractivity contribution in [3.8, 4) is 0 Å². The molecule has 1 heterocycles. The van der Waals surface area contributed by atoms with Crippen molar-refractivity contribution in [2.75, 3.05) is 20.1 Å². The molecule has 1 saturated heterocycles. The van der Waals surface area contributed by atoms with Crippen molar-refractivity contribution in [1.29, 1.82) is 0 Å². The maximum Gasteiger partial charge on any atom is 0.00441 e. The van der Waals surface area contributed by atoms with E-state index in [0.29, 0.717) is 6.04 Å². The first-order valence-electron chi connectivity index (χ1n) is 5.68. The smallest absolute Gasteiger partial charge is 0.00441 e. The lowest BCUT2D eigenvalue weighted by atomic mass is 9.74. The van der Waals surface area contributed by atoms with Crippen LogP contribution in [0.4, 0.5) is 0 Å². The molecule has 2 aliphatic rings. The highest BCUT2D eigenvalue weighted by Gasteiger charge is 2.29. The molecule has 1 saturated carbocycles. The molecule has 1 unspecified atom stereocenters. The van der Waals surface area contributed by atoms with Gasteiger partial charge in [-0.15, -0.1) is 0 Å². The van der Waals surface area contributed by atoms with Gasteiger partial charge in [0.05, 0.1) is 0 Å². The van der Waals surface area contributed by atoms with Crippen LogP contribution in [0, 0.1) is 11.8 Å². The Morgan fingerprint density at radius 3 is 2.69 bits per heavy atom. The van der Waals surface area contributed by atoms with Crippen LogP contribution in [0.2, 0.25) is 0 Å². The summed E-state index contributed by atoms with van der Waals surface area (Å²) in [6.45, 7) is 2.63. The molecule has 0 aromatic heterocycles. The Labute approximate surface area is 81.5 Å². The lowest BCUT2D eigenvalue weighted by Gasteiger charge is -2.38. The van der Waals surface area contributed by atoms with Crippen LogP contribution >= 0.6 is 0 Å². The molecule has 2 fully saturated rings. The van der Waals surface area contributed by atoms with Gasteiger partial charge in [0.1, 0.15) is 0 Å². The van der Waals surface area contributed by atoms with Crippen LogP contribution in [0.1, 0.15) is 32.1 Å². The van der Waals surface area contributed by atoms with Gasteiger partial charge in [-0.2, -0.15) is 0 Å². The van der Waals surface area contributed by atoms with Gasteiger partial charge in [0.25, 0.3) is 0 Å². The average molecular weight is 182 g/mol. The quantitative estimate of drug-likeness (QED) is 0.700. The van der Waals surface area contributed by atoms with E-state index in [2.05, 4.69) is 11.9 Å². The van der Waals surface area contributed by atoms with Gasteiger partial charge in [-0.3, -0.25) is 0 Å². The minimum absolute atomic E-state index is 0.534. The Balaban J connectivity index is 1.69. The zero-order chi connectivity index (χ0) is 9.26. The monoisotopic (exact) mass is 182 g/mol. The van der Waals surface area contributed by atoms with Crippen LogP contribution < -0.4 is 5.73 Å². The molecule has 0 bridgehead atoms. The van der Waals surface area contributed by atoms with Gasteiger partial charge in [-0.25, -0.2) is 0 Å². The Morgan fingerprint density at radius 1 is 1.31 bits per heavy atom. The first kappa shape index (κ1) is 9.47. The summed E-state index contributed by atoms with van der Waals surface area (Å²) in [4.78, 5) is 2.48. The largest absolute Gasteiger partial charge is 0.328 e. The number of hydrogen-bond donors (Lipinski definition) is 1. The fourth-order valence-electron chi connectivity index (χ4n) is 2.92. The van der Waals surface area contributed by atoms with Crippen LogP contribution in [-0.2, 0) is 0 Å². The van der Waals surface area contributed by atoms with Gasteiger partial charge in [-0.05, 0) is 57.5 Å². The van der Waals surface area contributed by atoms with E-state index < -0.39 is 0 Å². The van der Waals surface area contributed by atoms with E-state index in [9.17, 15) is 0 Å². The van der Waals surface area contributed by atoms with E-state index in [1.54, 1.807) is 0 Å². The number of likely N-dealkylation sites (tertiary alicyclic amines) is 1. The summed E-state index contributed by atoms with van der Waals surface area (Å²) in [6, 6.07) is 0.534. The molecule has 0 aromatic carbocycles. The lowest BCUT2D eigenvalue weighted by Crippen LogP contribution is -2.39. The van der Waals surface area contributed by atoms with Crippen molar-refractivity contribution in [2.24, 2.45) is 17.6 Å². The molecule has 2 heteroatoms. The minimum Gasteiger partial charge on any atom is -0.328 e. The van der Waals surface area contributed by atoms with Crippen LogP contribution in [0.15, 0.2) is 0 Å². The Hall–Kier alpha value is -0.0800. The average Bonchev–Trinajstić information content (AvgIpc) is 2.01. The number of nitrogens with zero attached hydrogens (tertiary/aromatic N) is 1. The van der Waals surface area contributed by atoms with E-state index in [-0.39, 0.29) is 0 Å². The highest BCUT2D eigenvalue weighted by atomic mass is 15.1. The van der Waals surface area contributed by atoms with Crippen LogP contribution in [0.3, 0.4) is 0 Å². The summed E-state index contributed by atoms with van der Waals surface area (Å²) in [5.41, 5.74) is 5.79. The highest BCUT2D eigenvalue weighted by molar-refractivity contribution is 4.85. The highest BCUT2D eigenvalue weighted by Crippen LogP contribution is 2.34. The van der Waals surface area contributed by atoms with Crippen molar-refractivity contribution >= 4 is 0 Å². The SMILES string of the molecule is CN1CCCC(CC2CC(N)C2)C1. The van der Waals surface area contributed by atoms with Crippen molar-refractivity contribution in [2.45, 2.75) is 38.1 Å². The zero-order valence-corrected chi connectivity index (χ0v) is 8.71. The van der Waals surface area contributed by atoms with Gasteiger partial charge in [-0.1, -0.05) is 0 Å². The van der Waals surface area contributed by atoms with E-state index in [1.165, 1.54) is 45.2 Å². The van der Waals surface area contributed by atoms with Gasteiger partial charge < -0.3 is 10.6 Å². The third kappa shape index (κ3) is 2.44. The second-order valence-corrected chi connectivity index (χ2v) is 5.10. The van der Waals surface area contributed by atoms with Crippen LogP contribution in [0.5, 0.6) is 0 Å². The minimum atomic E-state index is 0.534. The Bertz CT molecular complexity index is 163. The third-order valence-electron chi connectivity index (χ3n) is 3.66. The Morgan fingerprint density at radius 2 is 2.08 bits per heavy atom. The number of piperidine rings is 1. The fraction of sp³-hybridized carbons (Fsp3) is 1.00. The molecular formula is C11H22N2. The molecular weight excluding hydrogens is 160 g/mol. The molecule has 76 valence electrons. The van der Waals surface area contributed by atoms with E-state index in [0.717, 1.165) is 11.8 Å². The topological polar surface area (TPSA) is 29.3 Å². The second-order valence-electron chi connectivity index (χ2n) is 5.10. The number of rotatable bonds is 2. The van der Waals surface area contributed by atoms with Crippen molar-refractivity contribution in [3.63, 3.8) is 0 Å². The van der Waals surface area contributed by atoms with Gasteiger partial charge in [0, 0.05) is 12.6 Å². The molecule has 1 aliphatic carbocycles. The van der Waals surface area contributed by atoms with Gasteiger partial charge in [0.15, 0.2) is 0 Å². The first-order valence-corrected chi connectivity index (χ1v) is 5.68. The molecule has 0 aromatic rings. The standard InChI is InChI=1S/C11H22N2/c1-13-4-2-3-9(8-13)5-10-6-11(12)7-10/h9-11H,2-8,12H2,1H3. The first-order chi connectivity index (χ1) is 6.24. The number of hydrogen-bond acceptors (Lipinski definition) is 2. The molecule has 0 radical (unpaired) electrons. The van der Waals surface area contributed by atoms with E-state index in [4.69, 9.17) is 5.73 Å². The molecule has 0 spiro atoms. The summed E-state index contributed by atoms with van der Waals surface area (Å²) in [7, 11) is 2.25. The maximum absolute atomic E-state index is 5.79. The summed E-state index contributed by atoms with van der Waals surface area (Å²) in [5.74, 6) is 1.93. The molecule has 2 N–H and O–H groups in total. The molecule has 1 atom stereocenters. The third-order valence-corrected chi connectivity index (χ3v) is 3.66. The van der Waals surface area contributed by atoms with E-state index >= 15 is 0 Å². The fourth-order valence-corrected chi connectivity index (χ4v) is 2.92. The van der Waals surface area contributed by atoms with Crippen LogP contribution in [-0.4, -0.2) is 31.1 Å². The lowest BCUT2D eigenvalue weighted by molar-refractivity contribution is 0.147. The molecule has 2 nitrogen and oxygen atoms in total. The zero-order valence-electron chi connectivity index (χ0n) is 8.71. The summed E-state index contributed by atoms with van der Waals surface area (Å²) < 4.78 is 0. The second kappa shape index (κ2) is 3.97. The van der Waals surface area contributed by atoms with Gasteiger partial charge in [0.2, 0.25) is 0 Å². The summed E-state index contributed by atoms with van der Waals surface area (Å²) >= 11 is 0. The number of nitrogens with two attached hydrogens (primary N) is 1. The van der Waals surface area contributed by atoms with Crippen molar-refractivity contribution in [1.82, 2.24) is 4.90 Å². The van der Waals surface area contributed by atoms with Crippen molar-refractivity contribution < 1.29 is 0 Å².